The van der Waals surface area contributed by atoms with E-state index < -0.39 is 0 Å². The van der Waals surface area contributed by atoms with Gasteiger partial charge in [0, 0.05) is 15.5 Å². The van der Waals surface area contributed by atoms with Gasteiger partial charge in [0.15, 0.2) is 11.5 Å². The summed E-state index contributed by atoms with van der Waals surface area (Å²) in [4.78, 5) is 14.2. The Kier molecular flexibility index (Phi) is 4.33. The van der Waals surface area contributed by atoms with E-state index in [1.54, 1.807) is 17.8 Å². The third-order valence-electron chi connectivity index (χ3n) is 2.91. The highest BCUT2D eigenvalue weighted by atomic mass is 32.2. The maximum absolute atomic E-state index is 11.4. The van der Waals surface area contributed by atoms with Gasteiger partial charge in [-0.05, 0) is 30.3 Å². The molecular formula is C14H14N2O3S2. The fraction of sp³-hybridized carbons (Fsp3) is 0.214. The normalized spacial score (nSPS) is 13.0. The van der Waals surface area contributed by atoms with Crippen LogP contribution in [0.25, 0.3) is 0 Å². The number of carbonyl (C=O) groups is 1. The molecule has 5 nitrogen and oxygen atoms in total. The molecule has 0 bridgehead atoms. The third kappa shape index (κ3) is 3.31. The Bertz CT molecular complexity index is 657. The number of hydrazine groups is 1. The number of thiophene rings is 1. The number of carbonyl (C=O) groups excluding carboxylic acids is 1. The van der Waals surface area contributed by atoms with Crippen molar-refractivity contribution in [1.82, 2.24) is 5.43 Å². The molecule has 3 N–H and O–H groups in total. The number of benzene rings is 1. The second-order valence-electron chi connectivity index (χ2n) is 4.33. The smallest absolute Gasteiger partial charge is 0.275 e. The highest BCUT2D eigenvalue weighted by Crippen LogP contribution is 2.35. The van der Waals surface area contributed by atoms with Gasteiger partial charge < -0.3 is 9.47 Å². The Morgan fingerprint density at radius 1 is 1.24 bits per heavy atom. The molecule has 3 rings (SSSR count). The van der Waals surface area contributed by atoms with Crippen LogP contribution in [0.15, 0.2) is 35.2 Å². The number of ether oxygens (including phenoxy) is 2. The molecule has 1 amide bonds. The van der Waals surface area contributed by atoms with E-state index in [0.717, 1.165) is 27.0 Å². The third-order valence-corrected chi connectivity index (χ3v) is 5.22. The summed E-state index contributed by atoms with van der Waals surface area (Å²) in [6, 6.07) is 9.66. The summed E-state index contributed by atoms with van der Waals surface area (Å²) in [5.41, 5.74) is 2.14. The minimum Gasteiger partial charge on any atom is -0.486 e. The van der Waals surface area contributed by atoms with Crippen molar-refractivity contribution in [3.63, 3.8) is 0 Å². The molecule has 0 unspecified atom stereocenters. The molecule has 1 aliphatic rings. The zero-order valence-electron chi connectivity index (χ0n) is 11.1. The minimum atomic E-state index is -0.254. The average molecular weight is 322 g/mol. The summed E-state index contributed by atoms with van der Waals surface area (Å²) in [7, 11) is 0. The molecule has 1 aromatic heterocycles. The summed E-state index contributed by atoms with van der Waals surface area (Å²) in [6.07, 6.45) is 0. The van der Waals surface area contributed by atoms with E-state index in [1.807, 2.05) is 24.3 Å². The highest BCUT2D eigenvalue weighted by molar-refractivity contribution is 7.98. The van der Waals surface area contributed by atoms with Crippen molar-refractivity contribution in [2.45, 2.75) is 10.6 Å². The summed E-state index contributed by atoms with van der Waals surface area (Å²) in [5, 5.41) is 0. The van der Waals surface area contributed by atoms with Crippen LogP contribution in [0.2, 0.25) is 0 Å². The maximum atomic E-state index is 11.4. The molecule has 110 valence electrons. The van der Waals surface area contributed by atoms with Gasteiger partial charge in [-0.15, -0.1) is 23.1 Å². The molecule has 7 heteroatoms. The molecule has 0 fully saturated rings. The lowest BCUT2D eigenvalue weighted by Crippen LogP contribution is -2.29. The lowest BCUT2D eigenvalue weighted by atomic mass is 10.3. The first kappa shape index (κ1) is 14.2. The number of fused-ring (bicyclic) bond motifs is 1. The van der Waals surface area contributed by atoms with Crippen LogP contribution in [0, 0.1) is 0 Å². The van der Waals surface area contributed by atoms with Crippen molar-refractivity contribution in [1.29, 1.82) is 0 Å². The van der Waals surface area contributed by atoms with Crippen molar-refractivity contribution < 1.29 is 14.3 Å². The molecule has 1 aromatic carbocycles. The van der Waals surface area contributed by atoms with E-state index in [9.17, 15) is 4.79 Å². The molecule has 0 saturated carbocycles. The van der Waals surface area contributed by atoms with Gasteiger partial charge in [0.1, 0.15) is 13.2 Å². The van der Waals surface area contributed by atoms with Crippen LogP contribution < -0.4 is 20.7 Å². The number of hydrogen-bond acceptors (Lipinski definition) is 6. The van der Waals surface area contributed by atoms with Gasteiger partial charge >= 0.3 is 0 Å². The average Bonchev–Trinajstić information content (AvgIpc) is 3.01. The first-order chi connectivity index (χ1) is 10.3. The number of nitrogens with two attached hydrogens (primary N) is 1. The topological polar surface area (TPSA) is 73.6 Å². The van der Waals surface area contributed by atoms with Crippen molar-refractivity contribution in [3.05, 3.63) is 40.1 Å². The van der Waals surface area contributed by atoms with Crippen LogP contribution in [0.1, 0.15) is 14.5 Å². The number of nitrogens with one attached hydrogen (secondary N) is 1. The molecule has 1 aliphatic heterocycles. The second-order valence-corrected chi connectivity index (χ2v) is 6.55. The van der Waals surface area contributed by atoms with Gasteiger partial charge in [-0.2, -0.15) is 0 Å². The Hall–Kier alpha value is -1.70. The molecule has 0 radical (unpaired) electrons. The largest absolute Gasteiger partial charge is 0.486 e. The molecule has 0 spiro atoms. The van der Waals surface area contributed by atoms with Crippen molar-refractivity contribution in [3.8, 4) is 11.5 Å². The summed E-state index contributed by atoms with van der Waals surface area (Å²) < 4.78 is 11.1. The number of amides is 1. The number of nitrogen functional groups attached to an aromatic ring is 1. The van der Waals surface area contributed by atoms with Gasteiger partial charge in [-0.3, -0.25) is 10.2 Å². The Balaban J connectivity index is 1.65. The van der Waals surface area contributed by atoms with E-state index in [0.29, 0.717) is 18.1 Å². The van der Waals surface area contributed by atoms with Crippen LogP contribution in [0.4, 0.5) is 0 Å². The van der Waals surface area contributed by atoms with E-state index in [1.165, 1.54) is 11.3 Å². The lowest BCUT2D eigenvalue weighted by Gasteiger charge is -2.18. The van der Waals surface area contributed by atoms with Gasteiger partial charge in [0.05, 0.1) is 4.88 Å². The summed E-state index contributed by atoms with van der Waals surface area (Å²) in [5.74, 6) is 7.25. The van der Waals surface area contributed by atoms with E-state index in [-0.39, 0.29) is 5.91 Å². The molecule has 2 aromatic rings. The van der Waals surface area contributed by atoms with Gasteiger partial charge in [0.25, 0.3) is 5.91 Å². The SMILES string of the molecule is NNC(=O)c1ccc(CSc2ccc3c(c2)OCCO3)s1. The fourth-order valence-corrected chi connectivity index (χ4v) is 3.80. The number of thioether (sulfide) groups is 1. The number of hydrogen-bond donors (Lipinski definition) is 2. The Labute approximate surface area is 130 Å². The molecule has 21 heavy (non-hydrogen) atoms. The Morgan fingerprint density at radius 3 is 2.86 bits per heavy atom. The monoisotopic (exact) mass is 322 g/mol. The van der Waals surface area contributed by atoms with E-state index in [4.69, 9.17) is 15.3 Å². The van der Waals surface area contributed by atoms with Crippen LogP contribution in [0.5, 0.6) is 11.5 Å². The summed E-state index contributed by atoms with van der Waals surface area (Å²) >= 11 is 3.14. The summed E-state index contributed by atoms with van der Waals surface area (Å²) in [6.45, 7) is 1.18. The predicted molar refractivity (Wildman–Crippen MR) is 83.0 cm³/mol. The molecule has 0 aliphatic carbocycles. The van der Waals surface area contributed by atoms with E-state index in [2.05, 4.69) is 5.43 Å². The van der Waals surface area contributed by atoms with Crippen LogP contribution in [0.3, 0.4) is 0 Å². The first-order valence-electron chi connectivity index (χ1n) is 6.38. The van der Waals surface area contributed by atoms with E-state index >= 15 is 0 Å². The number of rotatable bonds is 4. The van der Waals surface area contributed by atoms with Crippen molar-refractivity contribution in [2.24, 2.45) is 5.84 Å². The minimum absolute atomic E-state index is 0.254. The quantitative estimate of drug-likeness (QED) is 0.391. The van der Waals surface area contributed by atoms with Crippen molar-refractivity contribution in [2.75, 3.05) is 13.2 Å². The maximum Gasteiger partial charge on any atom is 0.275 e. The Morgan fingerprint density at radius 2 is 2.05 bits per heavy atom. The van der Waals surface area contributed by atoms with Gasteiger partial charge in [-0.1, -0.05) is 0 Å². The zero-order chi connectivity index (χ0) is 14.7. The molecular weight excluding hydrogens is 308 g/mol. The standard InChI is InChI=1S/C14H14N2O3S2/c15-16-14(17)13-4-2-10(21-13)8-20-9-1-3-11-12(7-9)19-6-5-18-11/h1-4,7H,5-6,8,15H2,(H,16,17). The predicted octanol–water partition coefficient (Wildman–Crippen LogP) is 2.42. The molecule has 0 saturated heterocycles. The zero-order valence-corrected chi connectivity index (χ0v) is 12.8. The molecule has 0 atom stereocenters. The lowest BCUT2D eigenvalue weighted by molar-refractivity contribution is 0.0957. The first-order valence-corrected chi connectivity index (χ1v) is 8.18. The van der Waals surface area contributed by atoms with Gasteiger partial charge in [0.2, 0.25) is 0 Å². The van der Waals surface area contributed by atoms with Crippen LogP contribution in [-0.2, 0) is 5.75 Å². The highest BCUT2D eigenvalue weighted by Gasteiger charge is 2.12. The second kappa shape index (κ2) is 6.38. The molecule has 2 heterocycles. The fourth-order valence-electron chi connectivity index (χ4n) is 1.92. The van der Waals surface area contributed by atoms with Crippen molar-refractivity contribution >= 4 is 29.0 Å². The van der Waals surface area contributed by atoms with Crippen LogP contribution >= 0.6 is 23.1 Å². The van der Waals surface area contributed by atoms with Crippen LogP contribution in [-0.4, -0.2) is 19.1 Å². The van der Waals surface area contributed by atoms with Gasteiger partial charge in [-0.25, -0.2) is 5.84 Å².